The lowest BCUT2D eigenvalue weighted by Gasteiger charge is -2.11. The number of rotatable bonds is 3. The van der Waals surface area contributed by atoms with Gasteiger partial charge in [0.25, 0.3) is 0 Å². The first kappa shape index (κ1) is 13.7. The van der Waals surface area contributed by atoms with Crippen molar-refractivity contribution in [2.45, 2.75) is 6.54 Å². The first-order chi connectivity index (χ1) is 10.3. The van der Waals surface area contributed by atoms with E-state index in [1.807, 2.05) is 36.4 Å². The van der Waals surface area contributed by atoms with Crippen molar-refractivity contribution in [1.82, 2.24) is 0 Å². The van der Waals surface area contributed by atoms with Gasteiger partial charge in [0, 0.05) is 22.1 Å². The van der Waals surface area contributed by atoms with Crippen molar-refractivity contribution in [3.05, 3.63) is 76.3 Å². The van der Waals surface area contributed by atoms with Gasteiger partial charge in [0.15, 0.2) is 0 Å². The van der Waals surface area contributed by atoms with Crippen molar-refractivity contribution < 1.29 is 0 Å². The van der Waals surface area contributed by atoms with Crippen molar-refractivity contribution in [2.75, 3.05) is 5.32 Å². The van der Waals surface area contributed by atoms with E-state index < -0.39 is 0 Å². The Hall–Kier alpha value is -2.31. The van der Waals surface area contributed by atoms with Gasteiger partial charge in [-0.05, 0) is 35.2 Å². The van der Waals surface area contributed by atoms with Gasteiger partial charge in [-0.3, -0.25) is 0 Å². The van der Waals surface area contributed by atoms with Gasteiger partial charge in [-0.1, -0.05) is 52.3 Å². The van der Waals surface area contributed by atoms with Crippen LogP contribution < -0.4 is 5.32 Å². The molecule has 0 saturated heterocycles. The van der Waals surface area contributed by atoms with Crippen LogP contribution in [-0.4, -0.2) is 0 Å². The number of nitrogens with one attached hydrogen (secondary N) is 1. The third-order valence-electron chi connectivity index (χ3n) is 3.44. The Morgan fingerprint density at radius 2 is 1.62 bits per heavy atom. The van der Waals surface area contributed by atoms with Gasteiger partial charge in [-0.25, -0.2) is 0 Å². The molecule has 0 aromatic heterocycles. The maximum atomic E-state index is 8.81. The van der Waals surface area contributed by atoms with Crippen molar-refractivity contribution >= 4 is 32.4 Å². The van der Waals surface area contributed by atoms with Crippen LogP contribution in [0.4, 0.5) is 5.69 Å². The smallest absolute Gasteiger partial charge is 0.0991 e. The largest absolute Gasteiger partial charge is 0.380 e. The molecule has 21 heavy (non-hydrogen) atoms. The summed E-state index contributed by atoms with van der Waals surface area (Å²) in [5.41, 5.74) is 2.95. The number of nitriles is 1. The molecule has 3 heteroatoms. The lowest BCUT2D eigenvalue weighted by Crippen LogP contribution is -2.00. The molecule has 102 valence electrons. The standard InChI is InChI=1S/C18H13BrN2/c19-17-9-10-18(16-4-2-1-3-15(16)17)21-12-14-7-5-13(11-20)6-8-14/h1-10,21H,12H2. The number of benzene rings is 3. The fraction of sp³-hybridized carbons (Fsp3) is 0.0556. The summed E-state index contributed by atoms with van der Waals surface area (Å²) < 4.78 is 1.10. The molecule has 0 fully saturated rings. The SMILES string of the molecule is N#Cc1ccc(CNc2ccc(Br)c3ccccc23)cc1. The lowest BCUT2D eigenvalue weighted by atomic mass is 10.1. The van der Waals surface area contributed by atoms with E-state index in [1.54, 1.807) is 0 Å². The average Bonchev–Trinajstić information content (AvgIpc) is 2.55. The quantitative estimate of drug-likeness (QED) is 0.723. The van der Waals surface area contributed by atoms with Crippen LogP contribution >= 0.6 is 15.9 Å². The van der Waals surface area contributed by atoms with Gasteiger partial charge in [0.1, 0.15) is 0 Å². The van der Waals surface area contributed by atoms with Crippen LogP contribution in [0.1, 0.15) is 11.1 Å². The summed E-state index contributed by atoms with van der Waals surface area (Å²) in [5, 5.41) is 14.7. The highest BCUT2D eigenvalue weighted by Gasteiger charge is 2.03. The Kier molecular flexibility index (Phi) is 3.89. The summed E-state index contributed by atoms with van der Waals surface area (Å²) in [7, 11) is 0. The second-order valence-electron chi connectivity index (χ2n) is 4.80. The minimum absolute atomic E-state index is 0.688. The molecule has 0 aliphatic rings. The number of nitrogens with zero attached hydrogens (tertiary/aromatic N) is 1. The van der Waals surface area contributed by atoms with Crippen LogP contribution in [0.25, 0.3) is 10.8 Å². The Balaban J connectivity index is 1.85. The van der Waals surface area contributed by atoms with Gasteiger partial charge in [0.2, 0.25) is 0 Å². The summed E-state index contributed by atoms with van der Waals surface area (Å²) in [6.07, 6.45) is 0. The van der Waals surface area contributed by atoms with Crippen molar-refractivity contribution in [1.29, 1.82) is 5.26 Å². The third-order valence-corrected chi connectivity index (χ3v) is 4.13. The zero-order chi connectivity index (χ0) is 14.7. The highest BCUT2D eigenvalue weighted by Crippen LogP contribution is 2.30. The Labute approximate surface area is 132 Å². The second kappa shape index (κ2) is 5.99. The van der Waals surface area contributed by atoms with E-state index in [1.165, 1.54) is 10.8 Å². The molecule has 3 aromatic rings. The first-order valence-corrected chi connectivity index (χ1v) is 7.47. The van der Waals surface area contributed by atoms with Crippen molar-refractivity contribution in [3.63, 3.8) is 0 Å². The Morgan fingerprint density at radius 1 is 0.905 bits per heavy atom. The van der Waals surface area contributed by atoms with E-state index >= 15 is 0 Å². The summed E-state index contributed by atoms with van der Waals surface area (Å²) >= 11 is 3.58. The van der Waals surface area contributed by atoms with Gasteiger partial charge in [-0.15, -0.1) is 0 Å². The maximum absolute atomic E-state index is 8.81. The number of fused-ring (bicyclic) bond motifs is 1. The minimum Gasteiger partial charge on any atom is -0.380 e. The van der Waals surface area contributed by atoms with E-state index in [0.717, 1.165) is 22.3 Å². The lowest BCUT2D eigenvalue weighted by molar-refractivity contribution is 1.15. The van der Waals surface area contributed by atoms with Crippen molar-refractivity contribution in [3.8, 4) is 6.07 Å². The highest BCUT2D eigenvalue weighted by atomic mass is 79.9. The summed E-state index contributed by atoms with van der Waals surface area (Å²) in [6, 6.07) is 22.2. The Bertz CT molecular complexity index is 817. The van der Waals surface area contributed by atoms with E-state index in [2.05, 4.69) is 51.6 Å². The molecule has 0 radical (unpaired) electrons. The first-order valence-electron chi connectivity index (χ1n) is 6.68. The van der Waals surface area contributed by atoms with Gasteiger partial charge in [-0.2, -0.15) is 5.26 Å². The molecule has 2 nitrogen and oxygen atoms in total. The van der Waals surface area contributed by atoms with Crippen LogP contribution in [0.5, 0.6) is 0 Å². The number of hydrogen-bond donors (Lipinski definition) is 1. The highest BCUT2D eigenvalue weighted by molar-refractivity contribution is 9.10. The molecular weight excluding hydrogens is 324 g/mol. The van der Waals surface area contributed by atoms with Crippen LogP contribution in [0.15, 0.2) is 65.1 Å². The van der Waals surface area contributed by atoms with E-state index in [4.69, 9.17) is 5.26 Å². The van der Waals surface area contributed by atoms with E-state index in [0.29, 0.717) is 5.56 Å². The van der Waals surface area contributed by atoms with Gasteiger partial charge < -0.3 is 5.32 Å². The fourth-order valence-electron chi connectivity index (χ4n) is 2.31. The number of hydrogen-bond acceptors (Lipinski definition) is 2. The van der Waals surface area contributed by atoms with E-state index in [9.17, 15) is 0 Å². The van der Waals surface area contributed by atoms with Crippen molar-refractivity contribution in [2.24, 2.45) is 0 Å². The normalized spacial score (nSPS) is 10.3. The average molecular weight is 337 g/mol. The zero-order valence-electron chi connectivity index (χ0n) is 11.3. The van der Waals surface area contributed by atoms with Crippen LogP contribution in [0.2, 0.25) is 0 Å². The summed E-state index contributed by atoms with van der Waals surface area (Å²) in [4.78, 5) is 0. The van der Waals surface area contributed by atoms with Crippen LogP contribution in [0, 0.1) is 11.3 Å². The zero-order valence-corrected chi connectivity index (χ0v) is 12.9. The predicted molar refractivity (Wildman–Crippen MR) is 90.1 cm³/mol. The molecule has 1 N–H and O–H groups in total. The monoisotopic (exact) mass is 336 g/mol. The summed E-state index contributed by atoms with van der Waals surface area (Å²) in [5.74, 6) is 0. The summed E-state index contributed by atoms with van der Waals surface area (Å²) in [6.45, 7) is 0.733. The van der Waals surface area contributed by atoms with Crippen LogP contribution in [0.3, 0.4) is 0 Å². The molecular formula is C18H13BrN2. The molecule has 0 amide bonds. The van der Waals surface area contributed by atoms with Crippen LogP contribution in [-0.2, 0) is 6.54 Å². The van der Waals surface area contributed by atoms with Gasteiger partial charge >= 0.3 is 0 Å². The molecule has 0 spiro atoms. The molecule has 3 aromatic carbocycles. The van der Waals surface area contributed by atoms with E-state index in [-0.39, 0.29) is 0 Å². The topological polar surface area (TPSA) is 35.8 Å². The molecule has 0 aliphatic carbocycles. The number of anilines is 1. The van der Waals surface area contributed by atoms with Gasteiger partial charge in [0.05, 0.1) is 11.6 Å². The number of halogens is 1. The predicted octanol–water partition coefficient (Wildman–Crippen LogP) is 5.09. The maximum Gasteiger partial charge on any atom is 0.0991 e. The molecule has 0 heterocycles. The fourth-order valence-corrected chi connectivity index (χ4v) is 2.79. The molecule has 0 saturated carbocycles. The minimum atomic E-state index is 0.688. The second-order valence-corrected chi connectivity index (χ2v) is 5.66. The molecule has 0 unspecified atom stereocenters. The Morgan fingerprint density at radius 3 is 2.33 bits per heavy atom. The molecule has 0 bridgehead atoms. The molecule has 0 atom stereocenters. The molecule has 3 rings (SSSR count). The third kappa shape index (κ3) is 2.91. The molecule has 0 aliphatic heterocycles.